The molecule has 0 aromatic heterocycles. The van der Waals surface area contributed by atoms with Crippen LogP contribution in [0.1, 0.15) is 6.92 Å². The monoisotopic (exact) mass is 172 g/mol. The summed E-state index contributed by atoms with van der Waals surface area (Å²) in [6.45, 7) is 2.06. The molecule has 1 unspecified atom stereocenters. The second kappa shape index (κ2) is 2.02. The number of carbonyl (C=O) groups excluding carboxylic acids is 1. The van der Waals surface area contributed by atoms with Crippen LogP contribution in [0, 0.1) is 5.92 Å². The highest BCUT2D eigenvalue weighted by Gasteiger charge is 2.35. The van der Waals surface area contributed by atoms with E-state index in [1.54, 1.807) is 0 Å². The zero-order valence-corrected chi connectivity index (χ0v) is 7.20. The number of hydrogen-bond donors (Lipinski definition) is 0. The fourth-order valence-corrected chi connectivity index (χ4v) is 1.99. The highest BCUT2D eigenvalue weighted by molar-refractivity contribution is 6.01. The van der Waals surface area contributed by atoms with Crippen LogP contribution < -0.4 is 0 Å². The van der Waals surface area contributed by atoms with Crippen LogP contribution in [0.3, 0.4) is 0 Å². The first-order valence-electron chi connectivity index (χ1n) is 4.34. The Morgan fingerprint density at radius 1 is 1.31 bits per heavy atom. The van der Waals surface area contributed by atoms with Crippen molar-refractivity contribution < 1.29 is 9.53 Å². The quantitative estimate of drug-likeness (QED) is 0.521. The van der Waals surface area contributed by atoms with Crippen LogP contribution in [0.2, 0.25) is 0 Å². The molecular weight excluding hydrogens is 164 g/mol. The number of esters is 1. The van der Waals surface area contributed by atoms with Crippen molar-refractivity contribution in [1.29, 1.82) is 0 Å². The van der Waals surface area contributed by atoms with E-state index >= 15 is 0 Å². The zero-order valence-electron chi connectivity index (χ0n) is 7.20. The number of hydrogen-bond acceptors (Lipinski definition) is 2. The summed E-state index contributed by atoms with van der Waals surface area (Å²) in [5.74, 6) is 0.838. The zero-order chi connectivity index (χ0) is 9.00. The lowest BCUT2D eigenvalue weighted by Gasteiger charge is -2.11. The van der Waals surface area contributed by atoms with Crippen molar-refractivity contribution in [1.82, 2.24) is 0 Å². The van der Waals surface area contributed by atoms with Gasteiger partial charge in [-0.3, -0.25) is 0 Å². The van der Waals surface area contributed by atoms with Crippen LogP contribution >= 0.6 is 0 Å². The third-order valence-electron chi connectivity index (χ3n) is 2.51. The van der Waals surface area contributed by atoms with Gasteiger partial charge in [-0.05, 0) is 17.6 Å². The van der Waals surface area contributed by atoms with E-state index in [4.69, 9.17) is 4.74 Å². The minimum Gasteiger partial charge on any atom is -0.422 e. The number of carbonyl (C=O) groups is 1. The fourth-order valence-electron chi connectivity index (χ4n) is 1.99. The van der Waals surface area contributed by atoms with Crippen molar-refractivity contribution in [3.05, 3.63) is 46.8 Å². The Kier molecular flexibility index (Phi) is 1.07. The van der Waals surface area contributed by atoms with Gasteiger partial charge >= 0.3 is 5.97 Å². The van der Waals surface area contributed by atoms with E-state index in [0.717, 1.165) is 22.5 Å². The topological polar surface area (TPSA) is 26.3 Å². The molecule has 0 bridgehead atoms. The summed E-state index contributed by atoms with van der Waals surface area (Å²) in [6, 6.07) is 0. The molecule has 64 valence electrons. The molecule has 3 rings (SSSR count). The molecule has 0 saturated heterocycles. The van der Waals surface area contributed by atoms with Gasteiger partial charge in [-0.25, -0.2) is 4.79 Å². The summed E-state index contributed by atoms with van der Waals surface area (Å²) < 4.78 is 5.09. The molecule has 1 aliphatic heterocycles. The molecule has 13 heavy (non-hydrogen) atoms. The summed E-state index contributed by atoms with van der Waals surface area (Å²) in [6.07, 6.45) is 7.96. The summed E-state index contributed by atoms with van der Waals surface area (Å²) in [5, 5.41) is 0. The molecule has 0 N–H and O–H groups in total. The van der Waals surface area contributed by atoms with Crippen LogP contribution in [0.5, 0.6) is 0 Å². The van der Waals surface area contributed by atoms with E-state index in [1.807, 2.05) is 18.2 Å². The minimum atomic E-state index is -0.202. The van der Waals surface area contributed by atoms with Crippen LogP contribution in [0.4, 0.5) is 0 Å². The lowest BCUT2D eigenvalue weighted by molar-refractivity contribution is -0.132. The fraction of sp³-hybridized carbons (Fsp3) is 0.182. The summed E-state index contributed by atoms with van der Waals surface area (Å²) in [7, 11) is 0. The Bertz CT molecular complexity index is 433. The number of ether oxygens (including phenoxy) is 1. The molecule has 0 saturated carbocycles. The average Bonchev–Trinajstić information content (AvgIpc) is 2.59. The molecule has 3 aliphatic rings. The average molecular weight is 172 g/mol. The lowest BCUT2D eigenvalue weighted by Crippen LogP contribution is -2.06. The Balaban J connectivity index is 2.26. The van der Waals surface area contributed by atoms with Crippen LogP contribution in [0.15, 0.2) is 46.8 Å². The molecule has 0 radical (unpaired) electrons. The van der Waals surface area contributed by atoms with Crippen molar-refractivity contribution in [2.24, 2.45) is 5.92 Å². The largest absolute Gasteiger partial charge is 0.422 e. The van der Waals surface area contributed by atoms with E-state index in [2.05, 4.69) is 13.0 Å². The molecule has 0 aromatic rings. The smallest absolute Gasteiger partial charge is 0.344 e. The molecule has 2 nitrogen and oxygen atoms in total. The Hall–Kier alpha value is -1.57. The molecular formula is C11H8O2. The SMILES string of the molecule is CC1C=C2C=CC3=C2C(=C1)C(=O)O3. The van der Waals surface area contributed by atoms with E-state index < -0.39 is 0 Å². The molecule has 0 amide bonds. The third kappa shape index (κ3) is 0.750. The van der Waals surface area contributed by atoms with Gasteiger partial charge in [0.2, 0.25) is 0 Å². The van der Waals surface area contributed by atoms with E-state index in [0.29, 0.717) is 5.92 Å². The Morgan fingerprint density at radius 3 is 3.00 bits per heavy atom. The molecule has 0 aromatic carbocycles. The van der Waals surface area contributed by atoms with E-state index in [1.165, 1.54) is 0 Å². The second-order valence-electron chi connectivity index (χ2n) is 3.52. The summed E-state index contributed by atoms with van der Waals surface area (Å²) in [5.41, 5.74) is 2.86. The first-order chi connectivity index (χ1) is 6.25. The van der Waals surface area contributed by atoms with Crippen LogP contribution in [-0.2, 0) is 9.53 Å². The van der Waals surface area contributed by atoms with Gasteiger partial charge in [0.05, 0.1) is 5.57 Å². The van der Waals surface area contributed by atoms with Gasteiger partial charge in [-0.2, -0.15) is 0 Å². The molecule has 1 heterocycles. The maximum atomic E-state index is 11.4. The number of allylic oxidation sites excluding steroid dienone is 5. The molecule has 2 heteroatoms. The minimum absolute atomic E-state index is 0.202. The van der Waals surface area contributed by atoms with Crippen molar-refractivity contribution in [2.75, 3.05) is 0 Å². The normalized spacial score (nSPS) is 28.7. The molecule has 0 spiro atoms. The predicted octanol–water partition coefficient (Wildman–Crippen LogP) is 1.87. The first-order valence-corrected chi connectivity index (χ1v) is 4.34. The lowest BCUT2D eigenvalue weighted by atomic mass is 9.90. The van der Waals surface area contributed by atoms with Crippen molar-refractivity contribution in [3.63, 3.8) is 0 Å². The van der Waals surface area contributed by atoms with Crippen LogP contribution in [0.25, 0.3) is 0 Å². The Morgan fingerprint density at radius 2 is 2.15 bits per heavy atom. The standard InChI is InChI=1S/C11H8O2/c1-6-4-7-2-3-9-10(7)8(5-6)11(12)13-9/h2-6H,1H3. The first kappa shape index (κ1) is 6.89. The van der Waals surface area contributed by atoms with Crippen molar-refractivity contribution >= 4 is 5.97 Å². The Labute approximate surface area is 75.9 Å². The van der Waals surface area contributed by atoms with E-state index in [9.17, 15) is 4.79 Å². The maximum absolute atomic E-state index is 11.4. The predicted molar refractivity (Wildman–Crippen MR) is 47.6 cm³/mol. The van der Waals surface area contributed by atoms with Gasteiger partial charge in [0.1, 0.15) is 5.76 Å². The molecule has 2 aliphatic carbocycles. The highest BCUT2D eigenvalue weighted by Crippen LogP contribution is 2.41. The highest BCUT2D eigenvalue weighted by atomic mass is 16.5. The molecule has 1 atom stereocenters. The maximum Gasteiger partial charge on any atom is 0.344 e. The summed E-state index contributed by atoms with van der Waals surface area (Å²) in [4.78, 5) is 11.4. The van der Waals surface area contributed by atoms with Gasteiger partial charge in [0.25, 0.3) is 0 Å². The van der Waals surface area contributed by atoms with Gasteiger partial charge in [0, 0.05) is 5.57 Å². The van der Waals surface area contributed by atoms with Gasteiger partial charge in [0.15, 0.2) is 0 Å². The van der Waals surface area contributed by atoms with Gasteiger partial charge < -0.3 is 4.74 Å². The van der Waals surface area contributed by atoms with Gasteiger partial charge in [-0.1, -0.05) is 25.2 Å². The third-order valence-corrected chi connectivity index (χ3v) is 2.51. The summed E-state index contributed by atoms with van der Waals surface area (Å²) >= 11 is 0. The van der Waals surface area contributed by atoms with E-state index in [-0.39, 0.29) is 5.97 Å². The molecule has 0 fully saturated rings. The second-order valence-corrected chi connectivity index (χ2v) is 3.52. The number of rotatable bonds is 0. The van der Waals surface area contributed by atoms with Crippen LogP contribution in [-0.4, -0.2) is 5.97 Å². The van der Waals surface area contributed by atoms with Crippen molar-refractivity contribution in [2.45, 2.75) is 6.92 Å². The van der Waals surface area contributed by atoms with Crippen molar-refractivity contribution in [3.8, 4) is 0 Å². The van der Waals surface area contributed by atoms with Gasteiger partial charge in [-0.15, -0.1) is 0 Å².